The number of carbonyl (C=O) groups excluding carboxylic acids is 2. The molecule has 0 aliphatic rings. The maximum absolute atomic E-state index is 12.6. The molecule has 3 rings (SSSR count). The van der Waals surface area contributed by atoms with Gasteiger partial charge in [-0.2, -0.15) is 0 Å². The molecule has 3 aromatic rings. The number of anilines is 1. The van der Waals surface area contributed by atoms with E-state index in [1.807, 2.05) is 31.4 Å². The Morgan fingerprint density at radius 2 is 1.97 bits per heavy atom. The number of halogens is 2. The zero-order valence-corrected chi connectivity index (χ0v) is 20.4. The standard InChI is InChI=1S/C20H20Cl2N4O3S2/c1-5-26-17(12-6-7-13(21)14(22)8-12)24-25-20(26)30-9-15(27)23-18-16(19(28)29-4)10(2)11(3)31-18/h6-8H,5,9H2,1-4H3,(H,23,27). The molecule has 0 saturated heterocycles. The SMILES string of the molecule is CCn1c(SCC(=O)Nc2sc(C)c(C)c2C(=O)OC)nnc1-c1ccc(Cl)c(Cl)c1. The van der Waals surface area contributed by atoms with Crippen molar-refractivity contribution in [3.63, 3.8) is 0 Å². The van der Waals surface area contributed by atoms with E-state index in [1.165, 1.54) is 30.2 Å². The van der Waals surface area contributed by atoms with Crippen LogP contribution in [-0.2, 0) is 16.1 Å². The molecule has 0 unspecified atom stereocenters. The molecule has 1 N–H and O–H groups in total. The fourth-order valence-electron chi connectivity index (χ4n) is 2.88. The van der Waals surface area contributed by atoms with E-state index >= 15 is 0 Å². The van der Waals surface area contributed by atoms with Crippen molar-refractivity contribution in [2.45, 2.75) is 32.5 Å². The van der Waals surface area contributed by atoms with Gasteiger partial charge in [0.1, 0.15) is 5.00 Å². The fourth-order valence-corrected chi connectivity index (χ4v) is 5.05. The van der Waals surface area contributed by atoms with Gasteiger partial charge in [0.25, 0.3) is 0 Å². The number of thiophene rings is 1. The monoisotopic (exact) mass is 498 g/mol. The van der Waals surface area contributed by atoms with E-state index in [-0.39, 0.29) is 11.7 Å². The molecule has 0 saturated carbocycles. The first-order valence-electron chi connectivity index (χ1n) is 9.26. The summed E-state index contributed by atoms with van der Waals surface area (Å²) in [6, 6.07) is 5.26. The number of aryl methyl sites for hydroxylation is 1. The molecule has 1 amide bonds. The number of nitrogens with zero attached hydrogens (tertiary/aromatic N) is 3. The Morgan fingerprint density at radius 3 is 2.61 bits per heavy atom. The third kappa shape index (κ3) is 5.06. The van der Waals surface area contributed by atoms with Gasteiger partial charge in [-0.05, 0) is 44.5 Å². The van der Waals surface area contributed by atoms with Crippen molar-refractivity contribution in [1.29, 1.82) is 0 Å². The van der Waals surface area contributed by atoms with Crippen LogP contribution in [0.25, 0.3) is 11.4 Å². The number of aromatic nitrogens is 3. The maximum atomic E-state index is 12.6. The summed E-state index contributed by atoms with van der Waals surface area (Å²) < 4.78 is 6.74. The summed E-state index contributed by atoms with van der Waals surface area (Å²) in [7, 11) is 1.32. The van der Waals surface area contributed by atoms with E-state index in [4.69, 9.17) is 27.9 Å². The highest BCUT2D eigenvalue weighted by molar-refractivity contribution is 7.99. The minimum absolute atomic E-state index is 0.107. The van der Waals surface area contributed by atoms with Crippen molar-refractivity contribution in [3.8, 4) is 11.4 Å². The lowest BCUT2D eigenvalue weighted by atomic mass is 10.1. The number of nitrogens with one attached hydrogen (secondary N) is 1. The number of esters is 1. The van der Waals surface area contributed by atoms with Gasteiger partial charge in [-0.25, -0.2) is 4.79 Å². The number of carbonyl (C=O) groups is 2. The van der Waals surface area contributed by atoms with Gasteiger partial charge >= 0.3 is 5.97 Å². The molecule has 31 heavy (non-hydrogen) atoms. The molecule has 0 aliphatic carbocycles. The zero-order valence-electron chi connectivity index (χ0n) is 17.3. The molecule has 0 fully saturated rings. The van der Waals surface area contributed by atoms with Crippen LogP contribution in [-0.4, -0.2) is 39.5 Å². The number of methoxy groups -OCH3 is 1. The highest BCUT2D eigenvalue weighted by Crippen LogP contribution is 2.33. The molecule has 0 spiro atoms. The van der Waals surface area contributed by atoms with E-state index < -0.39 is 5.97 Å². The molecule has 0 bridgehead atoms. The van der Waals surface area contributed by atoms with Gasteiger partial charge in [-0.1, -0.05) is 35.0 Å². The lowest BCUT2D eigenvalue weighted by molar-refractivity contribution is -0.113. The maximum Gasteiger partial charge on any atom is 0.341 e. The van der Waals surface area contributed by atoms with Crippen LogP contribution in [0.4, 0.5) is 5.00 Å². The summed E-state index contributed by atoms with van der Waals surface area (Å²) in [6.45, 7) is 6.30. The summed E-state index contributed by atoms with van der Waals surface area (Å²) in [5.41, 5.74) is 1.98. The normalized spacial score (nSPS) is 10.9. The molecule has 0 radical (unpaired) electrons. The van der Waals surface area contributed by atoms with Gasteiger partial charge in [0, 0.05) is 17.0 Å². The number of rotatable bonds is 7. The van der Waals surface area contributed by atoms with Crippen molar-refractivity contribution < 1.29 is 14.3 Å². The van der Waals surface area contributed by atoms with Crippen LogP contribution in [0.1, 0.15) is 27.7 Å². The zero-order chi connectivity index (χ0) is 22.7. The largest absolute Gasteiger partial charge is 0.465 e. The third-order valence-electron chi connectivity index (χ3n) is 4.57. The highest BCUT2D eigenvalue weighted by atomic mass is 35.5. The molecular formula is C20H20Cl2N4O3S2. The van der Waals surface area contributed by atoms with Gasteiger partial charge in [0.05, 0.1) is 28.5 Å². The Hall–Kier alpha value is -2.07. The van der Waals surface area contributed by atoms with Gasteiger partial charge in [-0.3, -0.25) is 4.79 Å². The predicted molar refractivity (Wildman–Crippen MR) is 126 cm³/mol. The number of benzene rings is 1. The Labute approximate surface area is 198 Å². The predicted octanol–water partition coefficient (Wildman–Crippen LogP) is 5.47. The average molecular weight is 499 g/mol. The van der Waals surface area contributed by atoms with Crippen molar-refractivity contribution in [2.75, 3.05) is 18.2 Å². The van der Waals surface area contributed by atoms with Crippen LogP contribution in [0.2, 0.25) is 10.0 Å². The first-order valence-corrected chi connectivity index (χ1v) is 11.8. The first-order chi connectivity index (χ1) is 14.8. The molecule has 0 atom stereocenters. The van der Waals surface area contributed by atoms with E-state index in [9.17, 15) is 9.59 Å². The summed E-state index contributed by atoms with van der Waals surface area (Å²) in [4.78, 5) is 25.6. The van der Waals surface area contributed by atoms with Crippen LogP contribution in [0.15, 0.2) is 23.4 Å². The molecule has 7 nitrogen and oxygen atoms in total. The number of thioether (sulfide) groups is 1. The van der Waals surface area contributed by atoms with E-state index in [0.29, 0.717) is 38.1 Å². The minimum atomic E-state index is -0.471. The smallest absolute Gasteiger partial charge is 0.341 e. The molecule has 0 aliphatic heterocycles. The number of amides is 1. The van der Waals surface area contributed by atoms with Crippen molar-refractivity contribution in [1.82, 2.24) is 14.8 Å². The topological polar surface area (TPSA) is 86.1 Å². The second kappa shape index (κ2) is 10.0. The van der Waals surface area contributed by atoms with Crippen LogP contribution in [0, 0.1) is 13.8 Å². The summed E-state index contributed by atoms with van der Waals surface area (Å²) >= 11 is 14.7. The first kappa shape index (κ1) is 23.6. The number of hydrogen-bond donors (Lipinski definition) is 1. The molecule has 11 heteroatoms. The second-order valence-corrected chi connectivity index (χ2v) is 9.48. The molecule has 164 valence electrons. The number of ether oxygens (including phenoxy) is 1. The lowest BCUT2D eigenvalue weighted by Crippen LogP contribution is -2.16. The van der Waals surface area contributed by atoms with Crippen molar-refractivity contribution >= 4 is 63.2 Å². The Morgan fingerprint density at radius 1 is 1.23 bits per heavy atom. The Balaban J connectivity index is 1.74. The van der Waals surface area contributed by atoms with E-state index in [2.05, 4.69) is 15.5 Å². The van der Waals surface area contributed by atoms with Gasteiger partial charge in [0.15, 0.2) is 11.0 Å². The Bertz CT molecular complexity index is 1140. The lowest BCUT2D eigenvalue weighted by Gasteiger charge is -2.09. The quantitative estimate of drug-likeness (QED) is 0.343. The molecule has 2 heterocycles. The average Bonchev–Trinajstić information content (AvgIpc) is 3.28. The van der Waals surface area contributed by atoms with E-state index in [0.717, 1.165) is 16.0 Å². The summed E-state index contributed by atoms with van der Waals surface area (Å²) in [6.07, 6.45) is 0. The molecule has 2 aromatic heterocycles. The highest BCUT2D eigenvalue weighted by Gasteiger charge is 2.22. The van der Waals surface area contributed by atoms with Crippen molar-refractivity contribution in [3.05, 3.63) is 44.2 Å². The summed E-state index contributed by atoms with van der Waals surface area (Å²) in [5.74, 6) is 0.0252. The molecular weight excluding hydrogens is 479 g/mol. The molecule has 1 aromatic carbocycles. The van der Waals surface area contributed by atoms with E-state index in [1.54, 1.807) is 12.1 Å². The summed E-state index contributed by atoms with van der Waals surface area (Å²) in [5, 5.41) is 13.3. The van der Waals surface area contributed by atoms with Crippen LogP contribution >= 0.6 is 46.3 Å². The second-order valence-electron chi connectivity index (χ2n) is 6.50. The van der Waals surface area contributed by atoms with Crippen LogP contribution < -0.4 is 5.32 Å². The van der Waals surface area contributed by atoms with Crippen molar-refractivity contribution in [2.24, 2.45) is 0 Å². The minimum Gasteiger partial charge on any atom is -0.465 e. The fraction of sp³-hybridized carbons (Fsp3) is 0.300. The van der Waals surface area contributed by atoms with Crippen LogP contribution in [0.5, 0.6) is 0 Å². The third-order valence-corrected chi connectivity index (χ3v) is 7.40. The van der Waals surface area contributed by atoms with Gasteiger partial charge in [0.2, 0.25) is 5.91 Å². The van der Waals surface area contributed by atoms with Gasteiger partial charge in [-0.15, -0.1) is 21.5 Å². The van der Waals surface area contributed by atoms with Gasteiger partial charge < -0.3 is 14.6 Å². The van der Waals surface area contributed by atoms with Crippen LogP contribution in [0.3, 0.4) is 0 Å². The Kier molecular flexibility index (Phi) is 7.64. The number of hydrogen-bond acceptors (Lipinski definition) is 7.